The van der Waals surface area contributed by atoms with Gasteiger partial charge in [-0.1, -0.05) is 36.4 Å². The zero-order valence-corrected chi connectivity index (χ0v) is 23.2. The fraction of sp³-hybridized carbons (Fsp3) is 0.370. The molecule has 1 aromatic heterocycles. The van der Waals surface area contributed by atoms with Crippen LogP contribution < -0.4 is 21.9 Å². The third-order valence-electron chi connectivity index (χ3n) is 5.76. The summed E-state index contributed by atoms with van der Waals surface area (Å²) in [5.74, 6) is -0.190. The van der Waals surface area contributed by atoms with E-state index in [1.165, 1.54) is 52.5 Å². The van der Waals surface area contributed by atoms with E-state index in [0.29, 0.717) is 0 Å². The predicted octanol–water partition coefficient (Wildman–Crippen LogP) is 2.25. The first-order valence-corrected chi connectivity index (χ1v) is 14.6. The number of ether oxygens (including phenoxy) is 1. The zero-order valence-electron chi connectivity index (χ0n) is 21.5. The van der Waals surface area contributed by atoms with Crippen LogP contribution in [0.2, 0.25) is 0 Å². The largest absolute Gasteiger partial charge is 0.463 e. The lowest BCUT2D eigenvalue weighted by Gasteiger charge is -2.23. The Bertz CT molecular complexity index is 1240. The van der Waals surface area contributed by atoms with Gasteiger partial charge < -0.3 is 25.7 Å². The van der Waals surface area contributed by atoms with Crippen molar-refractivity contribution in [1.29, 1.82) is 0 Å². The van der Waals surface area contributed by atoms with Gasteiger partial charge in [0.15, 0.2) is 0 Å². The van der Waals surface area contributed by atoms with E-state index in [0.717, 1.165) is 17.1 Å². The van der Waals surface area contributed by atoms with Gasteiger partial charge in [0.1, 0.15) is 16.3 Å². The predicted molar refractivity (Wildman–Crippen MR) is 153 cm³/mol. The van der Waals surface area contributed by atoms with E-state index in [1.54, 1.807) is 13.0 Å². The van der Waals surface area contributed by atoms with Crippen LogP contribution in [0.1, 0.15) is 31.4 Å². The van der Waals surface area contributed by atoms with Gasteiger partial charge in [0.05, 0.1) is 6.61 Å². The number of rotatable bonds is 13. The van der Waals surface area contributed by atoms with E-state index in [-0.39, 0.29) is 42.0 Å². The second kappa shape index (κ2) is 15.2. The lowest BCUT2D eigenvalue weighted by atomic mass is 10.0. The molecular formula is C27H32N4O6S2. The van der Waals surface area contributed by atoms with Crippen molar-refractivity contribution in [2.75, 3.05) is 23.4 Å². The van der Waals surface area contributed by atoms with Crippen molar-refractivity contribution in [1.82, 2.24) is 9.88 Å². The Morgan fingerprint density at radius 2 is 1.85 bits per heavy atom. The Labute approximate surface area is 235 Å². The molecule has 1 aromatic carbocycles. The molecule has 3 rings (SSSR count). The highest BCUT2D eigenvalue weighted by molar-refractivity contribution is 8.21. The number of amides is 3. The normalized spacial score (nSPS) is 15.0. The van der Waals surface area contributed by atoms with Crippen LogP contribution in [-0.4, -0.2) is 57.0 Å². The van der Waals surface area contributed by atoms with Crippen molar-refractivity contribution >= 4 is 52.9 Å². The SMILES string of the molecule is CCOC(=O)C=CC(CCC(N)=O)NC(=O)C(Cc1ccccc1)n1cccc(NC(=O)C2SCCS2)c1=O. The minimum absolute atomic E-state index is 0.0277. The number of nitrogens with one attached hydrogen (secondary N) is 2. The fourth-order valence-electron chi connectivity index (χ4n) is 3.89. The molecule has 1 aliphatic rings. The number of esters is 1. The average molecular weight is 573 g/mol. The number of thioether (sulfide) groups is 2. The number of hydrogen-bond donors (Lipinski definition) is 3. The van der Waals surface area contributed by atoms with Gasteiger partial charge in [-0.25, -0.2) is 4.79 Å². The zero-order chi connectivity index (χ0) is 28.2. The smallest absolute Gasteiger partial charge is 0.330 e. The maximum Gasteiger partial charge on any atom is 0.330 e. The summed E-state index contributed by atoms with van der Waals surface area (Å²) in [6, 6.07) is 10.6. The Morgan fingerprint density at radius 1 is 1.13 bits per heavy atom. The molecule has 0 spiro atoms. The number of pyridine rings is 1. The fourth-order valence-corrected chi connectivity index (χ4v) is 6.47. The minimum atomic E-state index is -0.987. The van der Waals surface area contributed by atoms with Gasteiger partial charge in [-0.15, -0.1) is 23.5 Å². The molecule has 2 aromatic rings. The molecule has 2 heterocycles. The molecule has 1 saturated heterocycles. The van der Waals surface area contributed by atoms with Gasteiger partial charge in [-0.2, -0.15) is 0 Å². The van der Waals surface area contributed by atoms with E-state index in [2.05, 4.69) is 10.6 Å². The topological polar surface area (TPSA) is 150 Å². The van der Waals surface area contributed by atoms with E-state index >= 15 is 0 Å². The first kappa shape index (κ1) is 30.0. The van der Waals surface area contributed by atoms with Crippen molar-refractivity contribution in [2.45, 2.75) is 42.9 Å². The van der Waals surface area contributed by atoms with Crippen LogP contribution in [0.15, 0.2) is 65.6 Å². The molecule has 3 amide bonds. The van der Waals surface area contributed by atoms with Crippen molar-refractivity contribution in [3.8, 4) is 0 Å². The molecule has 2 atom stereocenters. The van der Waals surface area contributed by atoms with E-state index in [4.69, 9.17) is 10.5 Å². The van der Waals surface area contributed by atoms with Crippen molar-refractivity contribution in [3.63, 3.8) is 0 Å². The summed E-state index contributed by atoms with van der Waals surface area (Å²) < 4.78 is 5.89. The van der Waals surface area contributed by atoms with E-state index in [9.17, 15) is 24.0 Å². The molecule has 0 radical (unpaired) electrons. The molecule has 1 aliphatic heterocycles. The van der Waals surface area contributed by atoms with Crippen LogP contribution in [0.3, 0.4) is 0 Å². The lowest BCUT2D eigenvalue weighted by molar-refractivity contribution is -0.137. The molecule has 12 heteroatoms. The van der Waals surface area contributed by atoms with Gasteiger partial charge in [0.25, 0.3) is 5.56 Å². The summed E-state index contributed by atoms with van der Waals surface area (Å²) in [4.78, 5) is 63.0. The van der Waals surface area contributed by atoms with E-state index < -0.39 is 35.4 Å². The molecule has 0 bridgehead atoms. The summed E-state index contributed by atoms with van der Waals surface area (Å²) in [5, 5.41) is 5.53. The second-order valence-corrected chi connectivity index (χ2v) is 11.4. The van der Waals surface area contributed by atoms with Crippen LogP contribution in [0, 0.1) is 0 Å². The standard InChI is InChI=1S/C27H32N4O6S2/c1-2-37-23(33)13-11-19(10-12-22(28)32)29-24(34)21(17-18-7-4-3-5-8-18)31-14-6-9-20(26(31)36)30-25(35)27-38-15-16-39-27/h3-9,11,13-14,19,21,27H,2,10,12,15-17H2,1H3,(H2,28,32)(H,29,34)(H,30,35). The van der Waals surface area contributed by atoms with Gasteiger partial charge in [0.2, 0.25) is 17.7 Å². The molecule has 208 valence electrons. The second-order valence-electron chi connectivity index (χ2n) is 8.63. The number of nitrogens with zero attached hydrogens (tertiary/aromatic N) is 1. The Hall–Kier alpha value is -3.51. The van der Waals surface area contributed by atoms with Crippen LogP contribution in [0.5, 0.6) is 0 Å². The van der Waals surface area contributed by atoms with Crippen LogP contribution >= 0.6 is 23.5 Å². The summed E-state index contributed by atoms with van der Waals surface area (Å²) in [7, 11) is 0. The highest BCUT2D eigenvalue weighted by Crippen LogP contribution is 2.32. The van der Waals surface area contributed by atoms with Gasteiger partial charge in [0, 0.05) is 42.7 Å². The first-order chi connectivity index (χ1) is 18.8. The number of primary amides is 1. The Balaban J connectivity index is 1.89. The van der Waals surface area contributed by atoms with Crippen molar-refractivity contribution < 1.29 is 23.9 Å². The summed E-state index contributed by atoms with van der Waals surface area (Å²) in [6.45, 7) is 1.86. The number of benzene rings is 1. The molecule has 0 aliphatic carbocycles. The molecule has 39 heavy (non-hydrogen) atoms. The van der Waals surface area contributed by atoms with E-state index in [1.807, 2.05) is 30.3 Å². The molecule has 4 N–H and O–H groups in total. The minimum Gasteiger partial charge on any atom is -0.463 e. The number of aromatic nitrogens is 1. The Morgan fingerprint density at radius 3 is 2.51 bits per heavy atom. The lowest BCUT2D eigenvalue weighted by Crippen LogP contribution is -2.43. The highest BCUT2D eigenvalue weighted by Gasteiger charge is 2.27. The van der Waals surface area contributed by atoms with Crippen LogP contribution in [-0.2, 0) is 30.3 Å². The number of hydrogen-bond acceptors (Lipinski definition) is 8. The molecule has 2 unspecified atom stereocenters. The van der Waals surface area contributed by atoms with Gasteiger partial charge in [-0.3, -0.25) is 19.2 Å². The molecular weight excluding hydrogens is 540 g/mol. The Kier molecular flexibility index (Phi) is 11.7. The van der Waals surface area contributed by atoms with Gasteiger partial charge >= 0.3 is 5.97 Å². The number of carbonyl (C=O) groups excluding carboxylic acids is 4. The number of carbonyl (C=O) groups is 4. The third-order valence-corrected chi connectivity index (χ3v) is 8.75. The quantitative estimate of drug-likeness (QED) is 0.244. The third kappa shape index (κ3) is 9.32. The molecule has 10 nitrogen and oxygen atoms in total. The number of anilines is 1. The van der Waals surface area contributed by atoms with Crippen molar-refractivity contribution in [2.24, 2.45) is 5.73 Å². The maximum atomic E-state index is 13.6. The van der Waals surface area contributed by atoms with Crippen molar-refractivity contribution in [3.05, 3.63) is 76.7 Å². The van der Waals surface area contributed by atoms with Crippen LogP contribution in [0.25, 0.3) is 0 Å². The van der Waals surface area contributed by atoms with Gasteiger partial charge in [-0.05, 0) is 31.0 Å². The summed E-state index contributed by atoms with van der Waals surface area (Å²) in [6.07, 6.45) is 4.42. The first-order valence-electron chi connectivity index (χ1n) is 12.5. The van der Waals surface area contributed by atoms with Crippen LogP contribution in [0.4, 0.5) is 5.69 Å². The molecule has 1 fully saturated rings. The summed E-state index contributed by atoms with van der Waals surface area (Å²) >= 11 is 3.04. The average Bonchev–Trinajstić information content (AvgIpc) is 3.46. The monoisotopic (exact) mass is 572 g/mol. The summed E-state index contributed by atoms with van der Waals surface area (Å²) in [5.41, 5.74) is 5.67. The number of nitrogens with two attached hydrogens (primary N) is 1. The highest BCUT2D eigenvalue weighted by atomic mass is 32.2. The maximum absolute atomic E-state index is 13.6. The molecule has 0 saturated carbocycles.